The zero-order valence-electron chi connectivity index (χ0n) is 14.5. The van der Waals surface area contributed by atoms with Crippen LogP contribution in [0.4, 0.5) is 0 Å². The second-order valence-corrected chi connectivity index (χ2v) is 9.70. The highest BCUT2D eigenvalue weighted by molar-refractivity contribution is 7.86. The topological polar surface area (TPSA) is 72.2 Å². The van der Waals surface area contributed by atoms with Crippen molar-refractivity contribution in [2.75, 3.05) is 12.3 Å². The van der Waals surface area contributed by atoms with Crippen molar-refractivity contribution in [3.8, 4) is 0 Å². The second kappa shape index (κ2) is 7.40. The summed E-state index contributed by atoms with van der Waals surface area (Å²) in [6.45, 7) is 12.4. The van der Waals surface area contributed by atoms with Crippen LogP contribution in [0, 0.1) is 0 Å². The van der Waals surface area contributed by atoms with E-state index in [1.54, 1.807) is 6.20 Å². The highest BCUT2D eigenvalue weighted by atomic mass is 32.2. The smallest absolute Gasteiger partial charge is 0.220 e. The average molecular weight is 328 g/mol. The lowest BCUT2D eigenvalue weighted by molar-refractivity contribution is -0.121. The highest BCUT2D eigenvalue weighted by Crippen LogP contribution is 2.22. The molecule has 1 amide bonds. The zero-order valence-corrected chi connectivity index (χ0v) is 15.3. The minimum Gasteiger partial charge on any atom is -0.445 e. The summed E-state index contributed by atoms with van der Waals surface area (Å²) in [4.78, 5) is 16.0. The summed E-state index contributed by atoms with van der Waals surface area (Å²) in [7, 11) is -0.946. The summed E-state index contributed by atoms with van der Waals surface area (Å²) in [6.07, 6.45) is 2.52. The first-order valence-electron chi connectivity index (χ1n) is 7.60. The molecular formula is C16H28N2O3S. The number of carbonyl (C=O) groups excluding carboxylic acids is 1. The average Bonchev–Trinajstić information content (AvgIpc) is 2.83. The number of amides is 1. The van der Waals surface area contributed by atoms with Gasteiger partial charge in [-0.2, -0.15) is 0 Å². The second-order valence-electron chi connectivity index (χ2n) is 7.38. The molecule has 1 rings (SSSR count). The number of nitrogens with one attached hydrogen (secondary N) is 1. The van der Waals surface area contributed by atoms with Gasteiger partial charge in [-0.05, 0) is 20.8 Å². The van der Waals surface area contributed by atoms with E-state index in [4.69, 9.17) is 4.42 Å². The lowest BCUT2D eigenvalue weighted by Gasteiger charge is -2.17. The summed E-state index contributed by atoms with van der Waals surface area (Å²) in [5.41, 5.74) is -0.0788. The molecule has 0 aliphatic carbocycles. The number of hydrogen-bond donors (Lipinski definition) is 1. The molecule has 0 fully saturated rings. The molecule has 6 heteroatoms. The number of carbonyl (C=O) groups is 1. The monoisotopic (exact) mass is 328 g/mol. The Morgan fingerprint density at radius 3 is 2.41 bits per heavy atom. The van der Waals surface area contributed by atoms with Crippen LogP contribution in [0.5, 0.6) is 0 Å². The van der Waals surface area contributed by atoms with E-state index in [1.807, 2.05) is 20.8 Å². The van der Waals surface area contributed by atoms with Crippen LogP contribution in [0.25, 0.3) is 0 Å². The molecule has 126 valence electrons. The quantitative estimate of drug-likeness (QED) is 0.871. The lowest BCUT2D eigenvalue weighted by Crippen LogP contribution is -2.32. The van der Waals surface area contributed by atoms with Crippen LogP contribution >= 0.6 is 0 Å². The summed E-state index contributed by atoms with van der Waals surface area (Å²) < 4.78 is 17.3. The van der Waals surface area contributed by atoms with Crippen LogP contribution in [0.1, 0.15) is 59.6 Å². The van der Waals surface area contributed by atoms with Crippen LogP contribution in [-0.2, 0) is 27.4 Å². The molecule has 22 heavy (non-hydrogen) atoms. The van der Waals surface area contributed by atoms with E-state index in [2.05, 4.69) is 31.1 Å². The van der Waals surface area contributed by atoms with Gasteiger partial charge < -0.3 is 9.73 Å². The van der Waals surface area contributed by atoms with Crippen molar-refractivity contribution in [2.45, 2.75) is 64.5 Å². The van der Waals surface area contributed by atoms with Crippen LogP contribution in [0.2, 0.25) is 0 Å². The molecule has 1 atom stereocenters. The molecule has 1 aromatic rings. The Labute approximate surface area is 135 Å². The van der Waals surface area contributed by atoms with Crippen LogP contribution in [-0.4, -0.2) is 32.1 Å². The summed E-state index contributed by atoms with van der Waals surface area (Å²) >= 11 is 0. The van der Waals surface area contributed by atoms with Gasteiger partial charge in [0.2, 0.25) is 5.91 Å². The van der Waals surface area contributed by atoms with Gasteiger partial charge in [-0.15, -0.1) is 0 Å². The van der Waals surface area contributed by atoms with Crippen molar-refractivity contribution in [1.29, 1.82) is 0 Å². The molecule has 1 aromatic heterocycles. The van der Waals surface area contributed by atoms with Crippen LogP contribution in [0.3, 0.4) is 0 Å². The van der Waals surface area contributed by atoms with Gasteiger partial charge >= 0.3 is 0 Å². The Morgan fingerprint density at radius 1 is 1.27 bits per heavy atom. The molecular weight excluding hydrogens is 300 g/mol. The molecule has 0 aromatic carbocycles. The summed E-state index contributed by atoms with van der Waals surface area (Å²) in [6, 6.07) is 0. The fourth-order valence-electron chi connectivity index (χ4n) is 1.67. The van der Waals surface area contributed by atoms with E-state index >= 15 is 0 Å². The van der Waals surface area contributed by atoms with Crippen LogP contribution in [0.15, 0.2) is 10.6 Å². The Kier molecular flexibility index (Phi) is 6.35. The molecule has 0 aliphatic heterocycles. The molecule has 0 radical (unpaired) electrons. The largest absolute Gasteiger partial charge is 0.445 e. The highest BCUT2D eigenvalue weighted by Gasteiger charge is 2.20. The van der Waals surface area contributed by atoms with Gasteiger partial charge in [0.15, 0.2) is 5.89 Å². The van der Waals surface area contributed by atoms with Crippen molar-refractivity contribution in [2.24, 2.45) is 0 Å². The predicted molar refractivity (Wildman–Crippen MR) is 89.3 cm³/mol. The van der Waals surface area contributed by atoms with Crippen molar-refractivity contribution in [3.05, 3.63) is 17.8 Å². The number of aromatic nitrogens is 1. The molecule has 0 bridgehead atoms. The Bertz CT molecular complexity index is 524. The van der Waals surface area contributed by atoms with E-state index < -0.39 is 10.8 Å². The Morgan fingerprint density at radius 2 is 1.91 bits per heavy atom. The third-order valence-electron chi connectivity index (χ3n) is 3.15. The van der Waals surface area contributed by atoms with Gasteiger partial charge in [0.1, 0.15) is 5.76 Å². The lowest BCUT2D eigenvalue weighted by atomic mass is 9.94. The number of aryl methyl sites for hydroxylation is 1. The maximum absolute atomic E-state index is 11.9. The SMILES string of the molecule is CC(C)(C)c1cnc(CCC(=O)NCC[S@@](=O)C(C)(C)C)o1. The first-order chi connectivity index (χ1) is 10.00. The van der Waals surface area contributed by atoms with E-state index in [1.165, 1.54) is 0 Å². The van der Waals surface area contributed by atoms with Gasteiger partial charge in [-0.25, -0.2) is 4.98 Å². The Hall–Kier alpha value is -1.17. The molecule has 5 nitrogen and oxygen atoms in total. The predicted octanol–water partition coefficient (Wildman–Crippen LogP) is 2.57. The minimum atomic E-state index is -0.946. The third-order valence-corrected chi connectivity index (χ3v) is 5.09. The van der Waals surface area contributed by atoms with Crippen LogP contribution < -0.4 is 5.32 Å². The molecule has 0 aliphatic rings. The zero-order chi connectivity index (χ0) is 17.0. The molecule has 0 saturated carbocycles. The number of hydrogen-bond acceptors (Lipinski definition) is 4. The molecule has 0 saturated heterocycles. The third kappa shape index (κ3) is 6.30. The van der Waals surface area contributed by atoms with Crippen molar-refractivity contribution < 1.29 is 13.4 Å². The minimum absolute atomic E-state index is 0.0681. The van der Waals surface area contributed by atoms with E-state index in [0.717, 1.165) is 5.76 Å². The molecule has 1 N–H and O–H groups in total. The van der Waals surface area contributed by atoms with E-state index in [9.17, 15) is 9.00 Å². The van der Waals surface area contributed by atoms with E-state index in [0.29, 0.717) is 31.0 Å². The fraction of sp³-hybridized carbons (Fsp3) is 0.750. The first-order valence-corrected chi connectivity index (χ1v) is 8.92. The van der Waals surface area contributed by atoms with Gasteiger partial charge in [0.05, 0.1) is 6.20 Å². The van der Waals surface area contributed by atoms with Crippen molar-refractivity contribution >= 4 is 16.7 Å². The van der Waals surface area contributed by atoms with Crippen molar-refractivity contribution in [3.63, 3.8) is 0 Å². The number of rotatable bonds is 6. The summed E-state index contributed by atoms with van der Waals surface area (Å²) in [5, 5.41) is 2.79. The number of nitrogens with zero attached hydrogens (tertiary/aromatic N) is 1. The normalized spacial score (nSPS) is 13.9. The van der Waals surface area contributed by atoms with Gasteiger partial charge in [0, 0.05) is 46.1 Å². The van der Waals surface area contributed by atoms with Crippen molar-refractivity contribution in [1.82, 2.24) is 10.3 Å². The molecule has 0 spiro atoms. The van der Waals surface area contributed by atoms with Gasteiger partial charge in [-0.3, -0.25) is 9.00 Å². The summed E-state index contributed by atoms with van der Waals surface area (Å²) in [5.74, 6) is 1.81. The fourth-order valence-corrected chi connectivity index (χ4v) is 2.57. The first kappa shape index (κ1) is 18.9. The maximum atomic E-state index is 11.9. The van der Waals surface area contributed by atoms with Gasteiger partial charge in [-0.1, -0.05) is 20.8 Å². The number of oxazole rings is 1. The Balaban J connectivity index is 2.32. The standard InChI is InChI=1S/C16H28N2O3S/c1-15(2,3)12-11-18-14(21-12)8-7-13(19)17-9-10-22(20)16(4,5)6/h11H,7-10H2,1-6H3,(H,17,19)/t22-/m1/s1. The molecule has 0 unspecified atom stereocenters. The maximum Gasteiger partial charge on any atom is 0.220 e. The van der Waals surface area contributed by atoms with E-state index in [-0.39, 0.29) is 16.1 Å². The molecule has 1 heterocycles. The van der Waals surface area contributed by atoms with Gasteiger partial charge in [0.25, 0.3) is 0 Å².